The van der Waals surface area contributed by atoms with E-state index in [9.17, 15) is 13.2 Å². The van der Waals surface area contributed by atoms with Gasteiger partial charge in [-0.3, -0.25) is 0 Å². The van der Waals surface area contributed by atoms with Gasteiger partial charge in [-0.1, -0.05) is 49.5 Å². The number of halogens is 3. The molecule has 0 saturated heterocycles. The highest BCUT2D eigenvalue weighted by Gasteiger charge is 2.31. The number of hydrogen-bond donors (Lipinski definition) is 0. The van der Waals surface area contributed by atoms with E-state index in [4.69, 9.17) is 0 Å². The molecule has 3 aromatic carbocycles. The first-order chi connectivity index (χ1) is 12.4. The monoisotopic (exact) mass is 354 g/mol. The van der Waals surface area contributed by atoms with Crippen LogP contribution in [0.15, 0.2) is 60.7 Å². The Bertz CT molecular complexity index is 961. The summed E-state index contributed by atoms with van der Waals surface area (Å²) in [4.78, 5) is 0. The first kappa shape index (κ1) is 17.9. The first-order valence-electron chi connectivity index (χ1n) is 8.33. The van der Waals surface area contributed by atoms with Crippen molar-refractivity contribution < 1.29 is 17.9 Å². The van der Waals surface area contributed by atoms with Gasteiger partial charge in [0.05, 0.1) is 0 Å². The number of alkyl halides is 3. The lowest BCUT2D eigenvalue weighted by Gasteiger charge is -2.09. The molecular weight excluding hydrogens is 337 g/mol. The highest BCUT2D eigenvalue weighted by molar-refractivity contribution is 5.85. The lowest BCUT2D eigenvalue weighted by atomic mass is 10.1. The van der Waals surface area contributed by atoms with Crippen LogP contribution in [0.2, 0.25) is 0 Å². The van der Waals surface area contributed by atoms with Gasteiger partial charge in [0.1, 0.15) is 5.75 Å². The van der Waals surface area contributed by atoms with Crippen molar-refractivity contribution >= 4 is 10.8 Å². The van der Waals surface area contributed by atoms with E-state index in [1.54, 1.807) is 18.2 Å². The summed E-state index contributed by atoms with van der Waals surface area (Å²) < 4.78 is 40.8. The second-order valence-corrected chi connectivity index (χ2v) is 5.97. The van der Waals surface area contributed by atoms with Crippen LogP contribution in [0.4, 0.5) is 13.2 Å². The molecular formula is C22H17F3O. The molecule has 3 aromatic rings. The fourth-order valence-electron chi connectivity index (χ4n) is 2.69. The average Bonchev–Trinajstić information content (AvgIpc) is 2.60. The molecule has 0 fully saturated rings. The highest BCUT2D eigenvalue weighted by atomic mass is 19.4. The Labute approximate surface area is 150 Å². The van der Waals surface area contributed by atoms with E-state index in [2.05, 4.69) is 35.6 Å². The molecule has 0 aliphatic heterocycles. The fourth-order valence-corrected chi connectivity index (χ4v) is 2.69. The minimum Gasteiger partial charge on any atom is -0.406 e. The van der Waals surface area contributed by atoms with E-state index in [1.807, 2.05) is 18.2 Å². The maximum atomic E-state index is 12.3. The van der Waals surface area contributed by atoms with Gasteiger partial charge in [0.15, 0.2) is 0 Å². The maximum Gasteiger partial charge on any atom is 0.573 e. The Morgan fingerprint density at radius 3 is 2.12 bits per heavy atom. The Morgan fingerprint density at radius 1 is 0.808 bits per heavy atom. The second-order valence-electron chi connectivity index (χ2n) is 5.97. The molecule has 0 heterocycles. The quantitative estimate of drug-likeness (QED) is 0.517. The van der Waals surface area contributed by atoms with Gasteiger partial charge in [-0.25, -0.2) is 0 Å². The number of ether oxygens (including phenoxy) is 1. The summed E-state index contributed by atoms with van der Waals surface area (Å²) >= 11 is 0. The number of aryl methyl sites for hydroxylation is 1. The molecule has 0 amide bonds. The summed E-state index contributed by atoms with van der Waals surface area (Å²) in [6, 6.07) is 17.8. The summed E-state index contributed by atoms with van der Waals surface area (Å²) in [6.45, 7) is 2.14. The number of rotatable bonds is 3. The molecule has 0 saturated carbocycles. The first-order valence-corrected chi connectivity index (χ1v) is 8.33. The number of fused-ring (bicyclic) bond motifs is 1. The molecule has 0 spiro atoms. The molecule has 0 unspecified atom stereocenters. The Balaban J connectivity index is 1.80. The zero-order valence-electron chi connectivity index (χ0n) is 14.2. The van der Waals surface area contributed by atoms with E-state index in [0.717, 1.165) is 29.4 Å². The van der Waals surface area contributed by atoms with Crippen LogP contribution < -0.4 is 4.74 Å². The number of benzene rings is 3. The van der Waals surface area contributed by atoms with E-state index < -0.39 is 6.36 Å². The van der Waals surface area contributed by atoms with Gasteiger partial charge in [0, 0.05) is 11.1 Å². The normalized spacial score (nSPS) is 11.1. The molecule has 4 heteroatoms. The van der Waals surface area contributed by atoms with Crippen LogP contribution in [0.5, 0.6) is 5.75 Å². The van der Waals surface area contributed by atoms with Gasteiger partial charge in [-0.2, -0.15) is 0 Å². The third-order valence-electron chi connectivity index (χ3n) is 3.89. The van der Waals surface area contributed by atoms with Crippen molar-refractivity contribution in [2.24, 2.45) is 0 Å². The molecule has 0 aliphatic carbocycles. The van der Waals surface area contributed by atoms with Gasteiger partial charge in [-0.05, 0) is 59.2 Å². The molecule has 1 nitrogen and oxygen atoms in total. The standard InChI is InChI=1S/C22H17F3O/c1-2-3-16-4-6-17(7-5-16)8-9-18-10-11-20-15-21(26-22(23,24)25)13-12-19(20)14-18/h4-7,10-15H,2-3H2,1H3. The van der Waals surface area contributed by atoms with Crippen LogP contribution in [0, 0.1) is 11.8 Å². The molecule has 0 aromatic heterocycles. The summed E-state index contributed by atoms with van der Waals surface area (Å²) in [5, 5.41) is 1.48. The van der Waals surface area contributed by atoms with Gasteiger partial charge >= 0.3 is 6.36 Å². The van der Waals surface area contributed by atoms with Crippen LogP contribution in [-0.4, -0.2) is 6.36 Å². The van der Waals surface area contributed by atoms with Gasteiger partial charge in [0.25, 0.3) is 0 Å². The predicted molar refractivity (Wildman–Crippen MR) is 97.0 cm³/mol. The molecule has 26 heavy (non-hydrogen) atoms. The van der Waals surface area contributed by atoms with Crippen LogP contribution in [0.3, 0.4) is 0 Å². The summed E-state index contributed by atoms with van der Waals surface area (Å²) in [5.41, 5.74) is 3.03. The molecule has 3 rings (SSSR count). The zero-order chi connectivity index (χ0) is 18.6. The topological polar surface area (TPSA) is 9.23 Å². The molecule has 0 bridgehead atoms. The Kier molecular flexibility index (Phi) is 5.18. The molecule has 132 valence electrons. The third-order valence-corrected chi connectivity index (χ3v) is 3.89. The van der Waals surface area contributed by atoms with Crippen molar-refractivity contribution in [2.45, 2.75) is 26.1 Å². The minimum absolute atomic E-state index is 0.226. The van der Waals surface area contributed by atoms with Crippen LogP contribution in [0.25, 0.3) is 10.8 Å². The van der Waals surface area contributed by atoms with Gasteiger partial charge in [0.2, 0.25) is 0 Å². The van der Waals surface area contributed by atoms with Crippen LogP contribution >= 0.6 is 0 Å². The smallest absolute Gasteiger partial charge is 0.406 e. The lowest BCUT2D eigenvalue weighted by molar-refractivity contribution is -0.274. The van der Waals surface area contributed by atoms with Crippen molar-refractivity contribution in [2.75, 3.05) is 0 Å². The largest absolute Gasteiger partial charge is 0.573 e. The van der Waals surface area contributed by atoms with Crippen LogP contribution in [0.1, 0.15) is 30.0 Å². The van der Waals surface area contributed by atoms with E-state index in [-0.39, 0.29) is 5.75 Å². The summed E-state index contributed by atoms with van der Waals surface area (Å²) in [7, 11) is 0. The van der Waals surface area contributed by atoms with Crippen molar-refractivity contribution in [3.8, 4) is 17.6 Å². The number of hydrogen-bond acceptors (Lipinski definition) is 1. The minimum atomic E-state index is -4.69. The summed E-state index contributed by atoms with van der Waals surface area (Å²) in [6.07, 6.45) is -2.53. The van der Waals surface area contributed by atoms with Gasteiger partial charge < -0.3 is 4.74 Å². The maximum absolute atomic E-state index is 12.3. The van der Waals surface area contributed by atoms with Crippen molar-refractivity contribution in [3.63, 3.8) is 0 Å². The molecule has 0 radical (unpaired) electrons. The fraction of sp³-hybridized carbons (Fsp3) is 0.182. The molecule has 0 atom stereocenters. The Morgan fingerprint density at radius 2 is 1.42 bits per heavy atom. The lowest BCUT2D eigenvalue weighted by Crippen LogP contribution is -2.16. The Hall–Kier alpha value is -2.93. The molecule has 0 aliphatic rings. The predicted octanol–water partition coefficient (Wildman–Crippen LogP) is 6.09. The highest BCUT2D eigenvalue weighted by Crippen LogP contribution is 2.27. The molecule has 0 N–H and O–H groups in total. The van der Waals surface area contributed by atoms with Crippen LogP contribution in [-0.2, 0) is 6.42 Å². The SMILES string of the molecule is CCCc1ccc(C#Cc2ccc3cc(OC(F)(F)F)ccc3c2)cc1. The van der Waals surface area contributed by atoms with Crippen molar-refractivity contribution in [3.05, 3.63) is 77.4 Å². The average molecular weight is 354 g/mol. The van der Waals surface area contributed by atoms with Crippen molar-refractivity contribution in [1.29, 1.82) is 0 Å². The third kappa shape index (κ3) is 4.80. The second kappa shape index (κ2) is 7.53. The van der Waals surface area contributed by atoms with E-state index >= 15 is 0 Å². The summed E-state index contributed by atoms with van der Waals surface area (Å²) in [5.74, 6) is 5.98. The van der Waals surface area contributed by atoms with Gasteiger partial charge in [-0.15, -0.1) is 13.2 Å². The van der Waals surface area contributed by atoms with Crippen molar-refractivity contribution in [1.82, 2.24) is 0 Å². The zero-order valence-corrected chi connectivity index (χ0v) is 14.2. The van der Waals surface area contributed by atoms with E-state index in [1.165, 1.54) is 17.7 Å². The van der Waals surface area contributed by atoms with E-state index in [0.29, 0.717) is 5.39 Å².